The lowest BCUT2D eigenvalue weighted by atomic mass is 9.72. The maximum Gasteiger partial charge on any atom is 0.342 e. The predicted octanol–water partition coefficient (Wildman–Crippen LogP) is 3.73. The normalized spacial score (nSPS) is 34.9. The van der Waals surface area contributed by atoms with Crippen molar-refractivity contribution in [1.82, 2.24) is 0 Å². The first kappa shape index (κ1) is 15.1. The summed E-state index contributed by atoms with van der Waals surface area (Å²) in [6.07, 6.45) is 6.57. The number of hydrogen-bond acceptors (Lipinski definition) is 4. The van der Waals surface area contributed by atoms with E-state index in [-0.39, 0.29) is 0 Å². The number of hydrogen-bond donors (Lipinski definition) is 2. The second-order valence-corrected chi connectivity index (χ2v) is 9.46. The van der Waals surface area contributed by atoms with E-state index in [0.29, 0.717) is 9.81 Å². The van der Waals surface area contributed by atoms with Gasteiger partial charge in [0.15, 0.2) is 0 Å². The Morgan fingerprint density at radius 2 is 1.30 bits per heavy atom. The van der Waals surface area contributed by atoms with Gasteiger partial charge in [0.25, 0.3) is 0 Å². The van der Waals surface area contributed by atoms with Gasteiger partial charge in [-0.15, -0.1) is 23.5 Å². The van der Waals surface area contributed by atoms with Gasteiger partial charge in [0.05, 0.1) is 19.3 Å². The van der Waals surface area contributed by atoms with Gasteiger partial charge < -0.3 is 10.2 Å². The Morgan fingerprint density at radius 1 is 0.913 bits per heavy atom. The molecule has 120 valence electrons. The number of rotatable bonds is 2. The highest BCUT2D eigenvalue weighted by Crippen LogP contribution is 2.68. The molecule has 4 rings (SSSR count). The lowest BCUT2D eigenvalue weighted by Crippen LogP contribution is -2.47. The molecule has 0 radical (unpaired) electrons. The summed E-state index contributed by atoms with van der Waals surface area (Å²) in [6.45, 7) is 4.13. The Morgan fingerprint density at radius 3 is 1.65 bits per heavy atom. The molecule has 0 aromatic heterocycles. The zero-order valence-corrected chi connectivity index (χ0v) is 14.4. The molecule has 0 saturated heterocycles. The van der Waals surface area contributed by atoms with E-state index in [0.717, 1.165) is 30.4 Å². The van der Waals surface area contributed by atoms with Crippen LogP contribution in [0.4, 0.5) is 0 Å². The van der Waals surface area contributed by atoms with Crippen molar-refractivity contribution in [2.75, 3.05) is 0 Å². The number of carbonyl (C=O) groups is 2. The third-order valence-corrected chi connectivity index (χ3v) is 8.63. The quantitative estimate of drug-likeness (QED) is 0.792. The molecule has 0 aromatic carbocycles. The first-order valence-electron chi connectivity index (χ1n) is 7.53. The zero-order chi connectivity index (χ0) is 16.6. The number of aliphatic carboxylic acids is 2. The molecule has 0 bridgehead atoms. The summed E-state index contributed by atoms with van der Waals surface area (Å²) in [5, 5.41) is 18.9. The first-order chi connectivity index (χ1) is 10.8. The molecule has 4 aliphatic rings. The summed E-state index contributed by atoms with van der Waals surface area (Å²) in [5.41, 5.74) is 4.66. The number of allylic oxidation sites excluding steroid dienone is 4. The van der Waals surface area contributed by atoms with Gasteiger partial charge in [-0.25, -0.2) is 9.59 Å². The second kappa shape index (κ2) is 4.57. The van der Waals surface area contributed by atoms with Gasteiger partial charge in [-0.2, -0.15) is 0 Å². The summed E-state index contributed by atoms with van der Waals surface area (Å²) >= 11 is 2.73. The highest BCUT2D eigenvalue weighted by Gasteiger charge is 2.60. The van der Waals surface area contributed by atoms with E-state index in [1.165, 1.54) is 34.7 Å². The van der Waals surface area contributed by atoms with Gasteiger partial charge in [-0.05, 0) is 67.6 Å². The molecule has 23 heavy (non-hydrogen) atoms. The molecule has 2 heterocycles. The summed E-state index contributed by atoms with van der Waals surface area (Å²) < 4.78 is -0.894. The average molecular weight is 348 g/mol. The zero-order valence-electron chi connectivity index (χ0n) is 12.8. The van der Waals surface area contributed by atoms with Gasteiger partial charge in [0.1, 0.15) is 0 Å². The highest BCUT2D eigenvalue weighted by atomic mass is 32.2. The van der Waals surface area contributed by atoms with Crippen LogP contribution in [0.1, 0.15) is 33.1 Å². The molecule has 6 heteroatoms. The Kier molecular flexibility index (Phi) is 3.01. The Hall–Kier alpha value is -1.40. The van der Waals surface area contributed by atoms with Crippen LogP contribution in [0.5, 0.6) is 0 Å². The SMILES string of the molecule is C[C@]12SC(C(=O)O)=CC1=C1CCCC1=C1C=C(C(=O)O)S[C@@]12C. The van der Waals surface area contributed by atoms with E-state index in [1.807, 2.05) is 12.2 Å². The van der Waals surface area contributed by atoms with Crippen molar-refractivity contribution in [3.05, 3.63) is 44.3 Å². The Bertz CT molecular complexity index is 735. The van der Waals surface area contributed by atoms with Gasteiger partial charge in [-0.3, -0.25) is 0 Å². The van der Waals surface area contributed by atoms with Crippen LogP contribution in [0.15, 0.2) is 44.3 Å². The lowest BCUT2D eigenvalue weighted by Gasteiger charge is -2.46. The van der Waals surface area contributed by atoms with E-state index in [2.05, 4.69) is 13.8 Å². The molecule has 2 N–H and O–H groups in total. The van der Waals surface area contributed by atoms with E-state index in [1.54, 1.807) is 0 Å². The fraction of sp³-hybridized carbons (Fsp3) is 0.412. The third kappa shape index (κ3) is 1.76. The van der Waals surface area contributed by atoms with E-state index >= 15 is 0 Å². The fourth-order valence-electron chi connectivity index (χ4n) is 4.15. The molecule has 4 nitrogen and oxygen atoms in total. The van der Waals surface area contributed by atoms with Gasteiger partial charge in [0.2, 0.25) is 0 Å². The molecule has 0 spiro atoms. The minimum atomic E-state index is -0.905. The molecule has 1 saturated carbocycles. The number of carboxylic acids is 2. The molecule has 0 aromatic rings. The average Bonchev–Trinajstić information content (AvgIpc) is 3.13. The predicted molar refractivity (Wildman–Crippen MR) is 91.3 cm³/mol. The maximum absolute atomic E-state index is 11.5. The van der Waals surface area contributed by atoms with Gasteiger partial charge in [0, 0.05) is 0 Å². The Balaban J connectivity index is 1.97. The molecule has 1 fully saturated rings. The topological polar surface area (TPSA) is 74.6 Å². The summed E-state index contributed by atoms with van der Waals surface area (Å²) in [5.74, 6) is -1.81. The summed E-state index contributed by atoms with van der Waals surface area (Å²) in [7, 11) is 0. The number of thioether (sulfide) groups is 2. The standard InChI is InChI=1S/C17H16O4S2/c1-16-10(6-12(22-16)14(18)19)8-4-3-5-9(8)11-7-13(15(20)21)23-17(11,16)2/h6-7H,3-5H2,1-2H3,(H,18,19)(H,20,21)/t16-,17-/m0/s1. The monoisotopic (exact) mass is 348 g/mol. The van der Waals surface area contributed by atoms with Crippen LogP contribution in [0.2, 0.25) is 0 Å². The van der Waals surface area contributed by atoms with Crippen LogP contribution >= 0.6 is 23.5 Å². The fourth-order valence-corrected chi connectivity index (χ4v) is 7.01. The van der Waals surface area contributed by atoms with Crippen molar-refractivity contribution in [2.45, 2.75) is 42.6 Å². The van der Waals surface area contributed by atoms with Crippen LogP contribution in [-0.4, -0.2) is 31.6 Å². The smallest absolute Gasteiger partial charge is 0.342 e. The molecular weight excluding hydrogens is 332 g/mol. The summed E-state index contributed by atoms with van der Waals surface area (Å²) in [4.78, 5) is 23.7. The molecule has 0 unspecified atom stereocenters. The van der Waals surface area contributed by atoms with E-state index in [9.17, 15) is 19.8 Å². The van der Waals surface area contributed by atoms with Crippen molar-refractivity contribution in [1.29, 1.82) is 0 Å². The molecular formula is C17H16O4S2. The molecule has 0 amide bonds. The van der Waals surface area contributed by atoms with Crippen LogP contribution < -0.4 is 0 Å². The van der Waals surface area contributed by atoms with Gasteiger partial charge in [-0.1, -0.05) is 0 Å². The van der Waals surface area contributed by atoms with Gasteiger partial charge >= 0.3 is 11.9 Å². The van der Waals surface area contributed by atoms with Crippen molar-refractivity contribution < 1.29 is 19.8 Å². The van der Waals surface area contributed by atoms with Crippen LogP contribution in [0, 0.1) is 0 Å². The van der Waals surface area contributed by atoms with Crippen LogP contribution in [-0.2, 0) is 9.59 Å². The molecule has 2 aliphatic carbocycles. The second-order valence-electron chi connectivity index (χ2n) is 6.54. The maximum atomic E-state index is 11.5. The molecule has 2 atom stereocenters. The largest absolute Gasteiger partial charge is 0.477 e. The lowest BCUT2D eigenvalue weighted by molar-refractivity contribution is -0.132. The van der Waals surface area contributed by atoms with E-state index in [4.69, 9.17) is 0 Å². The summed E-state index contributed by atoms with van der Waals surface area (Å²) in [6, 6.07) is 0. The van der Waals surface area contributed by atoms with E-state index < -0.39 is 21.4 Å². The van der Waals surface area contributed by atoms with Crippen molar-refractivity contribution in [3.63, 3.8) is 0 Å². The number of carboxylic acid groups (broad SMARTS) is 2. The van der Waals surface area contributed by atoms with Crippen LogP contribution in [0.25, 0.3) is 0 Å². The molecule has 2 aliphatic heterocycles. The third-order valence-electron chi connectivity index (χ3n) is 5.41. The minimum absolute atomic E-state index is 0.355. The van der Waals surface area contributed by atoms with Crippen molar-refractivity contribution in [3.8, 4) is 0 Å². The minimum Gasteiger partial charge on any atom is -0.477 e. The Labute approximate surface area is 142 Å². The number of fused-ring (bicyclic) bond motifs is 4. The van der Waals surface area contributed by atoms with Crippen molar-refractivity contribution in [2.24, 2.45) is 0 Å². The van der Waals surface area contributed by atoms with Crippen molar-refractivity contribution >= 4 is 35.5 Å². The highest BCUT2D eigenvalue weighted by molar-refractivity contribution is 8.10. The first-order valence-corrected chi connectivity index (χ1v) is 9.17. The van der Waals surface area contributed by atoms with Crippen LogP contribution in [0.3, 0.4) is 0 Å².